The average molecular weight is 422 g/mol. The molecular weight excluding hydrogens is 407 g/mol. The van der Waals surface area contributed by atoms with Crippen molar-refractivity contribution >= 4 is 358 Å². The van der Waals surface area contributed by atoms with E-state index in [4.69, 9.17) is 0 Å². The number of hydrogen-bond donors (Lipinski definition) is 0. The van der Waals surface area contributed by atoms with Crippen molar-refractivity contribution in [2.45, 2.75) is 0 Å². The zero-order valence-electron chi connectivity index (χ0n) is 2.04. The van der Waals surface area contributed by atoms with Crippen LogP contribution in [0.3, 0.4) is 0 Å². The number of halogens is 5. The summed E-state index contributed by atoms with van der Waals surface area (Å²) in [7, 11) is 0. The predicted molar refractivity (Wildman–Crippen MR) is 108 cm³/mol. The van der Waals surface area contributed by atoms with Crippen molar-refractivity contribution < 1.29 is 0 Å². The van der Waals surface area contributed by atoms with E-state index >= 15 is 0 Å². The quantitative estimate of drug-likeness (QED) is 0.347. The van der Waals surface area contributed by atoms with E-state index in [0.717, 1.165) is 0 Å². The Labute approximate surface area is 346 Å². The molecule has 0 aromatic heterocycles. The predicted octanol–water partition coefficient (Wildman–Crippen LogP) is -4.38. The molecule has 0 aliphatic rings. The standard InChI is InChI=1S/5ClH.10Na.10H/h5*1H;;;;;;;;;;;;;;;;;;;;. The Morgan fingerprint density at radius 1 is 0.133 bits per heavy atom. The van der Waals surface area contributed by atoms with Crippen molar-refractivity contribution in [1.29, 1.82) is 0 Å². The number of hydrogen-bond acceptors (Lipinski definition) is 0. The van der Waals surface area contributed by atoms with Crippen molar-refractivity contribution in [1.82, 2.24) is 0 Å². The molecule has 0 atom stereocenters. The molecule has 15 heavy (non-hydrogen) atoms. The van der Waals surface area contributed by atoms with Gasteiger partial charge in [0.1, 0.15) is 0 Å². The van der Waals surface area contributed by atoms with E-state index < -0.39 is 0 Å². The van der Waals surface area contributed by atoms with Crippen LogP contribution in [0.25, 0.3) is 0 Å². The monoisotopic (exact) mass is 420 g/mol. The summed E-state index contributed by atoms with van der Waals surface area (Å²) in [6, 6.07) is 0. The van der Waals surface area contributed by atoms with Crippen LogP contribution in [0.15, 0.2) is 0 Å². The van der Waals surface area contributed by atoms with Crippen molar-refractivity contribution in [3.8, 4) is 0 Å². The van der Waals surface area contributed by atoms with Crippen molar-refractivity contribution in [2.24, 2.45) is 0 Å². The molecule has 0 aromatic rings. The minimum absolute atomic E-state index is 0. The minimum atomic E-state index is 0. The van der Waals surface area contributed by atoms with E-state index in [0.29, 0.717) is 0 Å². The van der Waals surface area contributed by atoms with Gasteiger partial charge in [0.05, 0.1) is 0 Å². The summed E-state index contributed by atoms with van der Waals surface area (Å²) in [6.07, 6.45) is 0. The summed E-state index contributed by atoms with van der Waals surface area (Å²) >= 11 is 0. The Kier molecular flexibility index (Phi) is 1010. The van der Waals surface area contributed by atoms with Gasteiger partial charge in [0.2, 0.25) is 0 Å². The van der Waals surface area contributed by atoms with Crippen LogP contribution in [0.5, 0.6) is 0 Å². The van der Waals surface area contributed by atoms with Gasteiger partial charge in [-0.2, -0.15) is 0 Å². The number of rotatable bonds is 0. The summed E-state index contributed by atoms with van der Waals surface area (Å²) in [6.45, 7) is 0. The molecule has 0 N–H and O–H groups in total. The molecule has 0 saturated carbocycles. The fourth-order valence-electron chi connectivity index (χ4n) is 0. The van der Waals surface area contributed by atoms with Crippen LogP contribution in [0.2, 0.25) is 0 Å². The van der Waals surface area contributed by atoms with Gasteiger partial charge in [-0.25, -0.2) is 0 Å². The van der Waals surface area contributed by atoms with Gasteiger partial charge < -0.3 is 0 Å². The Morgan fingerprint density at radius 3 is 0.133 bits per heavy atom. The van der Waals surface area contributed by atoms with E-state index in [1.54, 1.807) is 0 Å². The molecule has 60 valence electrons. The molecule has 0 spiro atoms. The van der Waals surface area contributed by atoms with Gasteiger partial charge in [-0.3, -0.25) is 0 Å². The van der Waals surface area contributed by atoms with Crippen molar-refractivity contribution in [2.75, 3.05) is 0 Å². The third-order valence-electron chi connectivity index (χ3n) is 0. The van der Waals surface area contributed by atoms with Crippen LogP contribution in [0, 0.1) is 0 Å². The molecule has 0 unspecified atom stereocenters. The first-order valence-corrected chi connectivity index (χ1v) is 0. The molecule has 15 heteroatoms. The zero-order valence-corrected chi connectivity index (χ0v) is 6.12. The second kappa shape index (κ2) is 116. The summed E-state index contributed by atoms with van der Waals surface area (Å²) < 4.78 is 0. The molecule has 0 aliphatic heterocycles. The molecule has 0 saturated heterocycles. The molecule has 0 bridgehead atoms. The van der Waals surface area contributed by atoms with Crippen molar-refractivity contribution in [3.05, 3.63) is 0 Å². The summed E-state index contributed by atoms with van der Waals surface area (Å²) in [4.78, 5) is 0. The molecule has 0 aliphatic carbocycles. The molecule has 0 rings (SSSR count). The van der Waals surface area contributed by atoms with Gasteiger partial charge in [0.25, 0.3) is 0 Å². The first-order valence-electron chi connectivity index (χ1n) is 0. The first kappa shape index (κ1) is 131. The Balaban J connectivity index is 0. The van der Waals surface area contributed by atoms with E-state index in [-0.39, 0.29) is 358 Å². The third kappa shape index (κ3) is 107. The van der Waals surface area contributed by atoms with Crippen LogP contribution < -0.4 is 0 Å². The molecule has 0 aromatic carbocycles. The van der Waals surface area contributed by atoms with E-state index in [2.05, 4.69) is 0 Å². The molecule has 0 radical (unpaired) electrons. The molecule has 0 heterocycles. The van der Waals surface area contributed by atoms with E-state index in [9.17, 15) is 0 Å². The third-order valence-corrected chi connectivity index (χ3v) is 0. The molecule has 0 fully saturated rings. The van der Waals surface area contributed by atoms with Gasteiger partial charge in [-0.15, -0.1) is 62.0 Å². The van der Waals surface area contributed by atoms with Crippen LogP contribution >= 0.6 is 62.0 Å². The fourth-order valence-corrected chi connectivity index (χ4v) is 0. The fraction of sp³-hybridized carbons (Fsp3) is 0. The topological polar surface area (TPSA) is 0 Å². The SMILES string of the molecule is Cl.Cl.Cl.Cl.Cl.[NaH].[NaH].[NaH].[NaH].[NaH].[NaH].[NaH].[NaH].[NaH].[NaH]. The summed E-state index contributed by atoms with van der Waals surface area (Å²) in [5.74, 6) is 0. The molecule has 0 nitrogen and oxygen atoms in total. The summed E-state index contributed by atoms with van der Waals surface area (Å²) in [5, 5.41) is 0. The maximum atomic E-state index is 0. The second-order valence-electron chi connectivity index (χ2n) is 0. The van der Waals surface area contributed by atoms with Crippen LogP contribution in [-0.4, -0.2) is 296 Å². The maximum absolute atomic E-state index is 0. The van der Waals surface area contributed by atoms with Gasteiger partial charge in [-0.05, 0) is 0 Å². The summed E-state index contributed by atoms with van der Waals surface area (Å²) in [5.41, 5.74) is 0. The Hall–Kier alpha value is 11.4. The molecule has 0 amide bonds. The zero-order chi connectivity index (χ0) is 0. The van der Waals surface area contributed by atoms with Crippen LogP contribution in [0.4, 0.5) is 0 Å². The van der Waals surface area contributed by atoms with Gasteiger partial charge in [0, 0.05) is 0 Å². The van der Waals surface area contributed by atoms with E-state index in [1.165, 1.54) is 0 Å². The average Bonchev–Trinajstić information content (AvgIpc) is 0. The van der Waals surface area contributed by atoms with Gasteiger partial charge >= 0.3 is 296 Å². The van der Waals surface area contributed by atoms with Crippen LogP contribution in [0.1, 0.15) is 0 Å². The van der Waals surface area contributed by atoms with Crippen molar-refractivity contribution in [3.63, 3.8) is 0 Å². The molecular formula is H15Cl5Na10. The van der Waals surface area contributed by atoms with Crippen LogP contribution in [-0.2, 0) is 0 Å². The first-order chi connectivity index (χ1) is 0. The van der Waals surface area contributed by atoms with Gasteiger partial charge in [-0.1, -0.05) is 0 Å². The Morgan fingerprint density at radius 2 is 0.133 bits per heavy atom. The second-order valence-corrected chi connectivity index (χ2v) is 0. The van der Waals surface area contributed by atoms with E-state index in [1.807, 2.05) is 0 Å². The normalized spacial score (nSPS) is 0. The van der Waals surface area contributed by atoms with Gasteiger partial charge in [0.15, 0.2) is 0 Å². The Bertz CT molecular complexity index is 13.8.